The fourth-order valence-electron chi connectivity index (χ4n) is 3.40. The van der Waals surface area contributed by atoms with Crippen molar-refractivity contribution in [3.63, 3.8) is 0 Å². The van der Waals surface area contributed by atoms with E-state index in [1.165, 1.54) is 0 Å². The second-order valence-corrected chi connectivity index (χ2v) is 5.53. The zero-order chi connectivity index (χ0) is 14.7. The van der Waals surface area contributed by atoms with Crippen LogP contribution in [0.1, 0.15) is 15.9 Å². The molecular formula is C20H11O2+. The third-order valence-electron chi connectivity index (χ3n) is 4.34. The van der Waals surface area contributed by atoms with E-state index in [0.717, 1.165) is 44.2 Å². The molecule has 0 saturated carbocycles. The molecular weight excluding hydrogens is 272 g/mol. The van der Waals surface area contributed by atoms with Gasteiger partial charge in [-0.2, -0.15) is 0 Å². The van der Waals surface area contributed by atoms with Crippen molar-refractivity contribution < 1.29 is 9.21 Å². The van der Waals surface area contributed by atoms with E-state index in [-0.39, 0.29) is 5.78 Å². The lowest BCUT2D eigenvalue weighted by molar-refractivity contribution is 0.104. The van der Waals surface area contributed by atoms with Crippen molar-refractivity contribution in [2.24, 2.45) is 0 Å². The molecule has 0 spiro atoms. The summed E-state index contributed by atoms with van der Waals surface area (Å²) in [6, 6.07) is 21.5. The first-order valence-corrected chi connectivity index (χ1v) is 7.26. The number of ketones is 1. The van der Waals surface area contributed by atoms with Gasteiger partial charge in [0.15, 0.2) is 5.78 Å². The second kappa shape index (κ2) is 4.01. The average molecular weight is 283 g/mol. The minimum Gasteiger partial charge on any atom is -0.289 e. The van der Waals surface area contributed by atoms with Gasteiger partial charge in [-0.25, -0.2) is 4.42 Å². The first-order valence-electron chi connectivity index (χ1n) is 7.26. The Labute approximate surface area is 126 Å². The molecule has 5 rings (SSSR count). The summed E-state index contributed by atoms with van der Waals surface area (Å²) in [6.07, 6.45) is 0. The molecule has 1 aromatic heterocycles. The topological polar surface area (TPSA) is 28.4 Å². The van der Waals surface area contributed by atoms with E-state index in [1.807, 2.05) is 60.7 Å². The minimum absolute atomic E-state index is 0.0687. The van der Waals surface area contributed by atoms with E-state index in [1.54, 1.807) is 0 Å². The van der Waals surface area contributed by atoms with Gasteiger partial charge in [0.1, 0.15) is 0 Å². The van der Waals surface area contributed by atoms with Crippen LogP contribution in [0.5, 0.6) is 0 Å². The largest absolute Gasteiger partial charge is 0.362 e. The Balaban J connectivity index is 2.14. The van der Waals surface area contributed by atoms with Gasteiger partial charge in [0, 0.05) is 28.8 Å². The molecule has 0 atom stereocenters. The van der Waals surface area contributed by atoms with Gasteiger partial charge < -0.3 is 0 Å². The van der Waals surface area contributed by atoms with E-state index >= 15 is 0 Å². The first kappa shape index (κ1) is 11.6. The van der Waals surface area contributed by atoms with Gasteiger partial charge in [-0.15, -0.1) is 0 Å². The minimum atomic E-state index is 0.0687. The molecule has 0 fully saturated rings. The Bertz CT molecular complexity index is 1090. The maximum Gasteiger partial charge on any atom is 0.362 e. The van der Waals surface area contributed by atoms with Gasteiger partial charge >= 0.3 is 11.2 Å². The van der Waals surface area contributed by atoms with Crippen molar-refractivity contribution >= 4 is 27.7 Å². The average Bonchev–Trinajstić information content (AvgIpc) is 2.58. The molecule has 3 aromatic carbocycles. The van der Waals surface area contributed by atoms with Crippen molar-refractivity contribution in [1.82, 2.24) is 0 Å². The summed E-state index contributed by atoms with van der Waals surface area (Å²) in [5.41, 5.74) is 5.17. The lowest BCUT2D eigenvalue weighted by Gasteiger charge is -2.17. The third-order valence-corrected chi connectivity index (χ3v) is 4.34. The van der Waals surface area contributed by atoms with Crippen LogP contribution in [0, 0.1) is 0 Å². The Morgan fingerprint density at radius 2 is 1.32 bits per heavy atom. The fourth-order valence-corrected chi connectivity index (χ4v) is 3.40. The highest BCUT2D eigenvalue weighted by Crippen LogP contribution is 2.43. The van der Waals surface area contributed by atoms with Crippen LogP contribution in [0.3, 0.4) is 0 Å². The molecule has 102 valence electrons. The van der Waals surface area contributed by atoms with Crippen LogP contribution in [0.2, 0.25) is 0 Å². The molecule has 0 aliphatic heterocycles. The van der Waals surface area contributed by atoms with E-state index in [2.05, 4.69) is 6.07 Å². The molecule has 0 saturated heterocycles. The van der Waals surface area contributed by atoms with Crippen LogP contribution >= 0.6 is 0 Å². The van der Waals surface area contributed by atoms with Crippen LogP contribution in [0.25, 0.3) is 33.1 Å². The highest BCUT2D eigenvalue weighted by Gasteiger charge is 2.31. The number of carbonyl (C=O) groups is 1. The second-order valence-electron chi connectivity index (χ2n) is 5.53. The molecule has 22 heavy (non-hydrogen) atoms. The Morgan fingerprint density at radius 1 is 0.636 bits per heavy atom. The smallest absolute Gasteiger partial charge is 0.289 e. The molecule has 0 bridgehead atoms. The Morgan fingerprint density at radius 3 is 2.23 bits per heavy atom. The van der Waals surface area contributed by atoms with Gasteiger partial charge in [0.05, 0.1) is 10.8 Å². The molecule has 2 heteroatoms. The normalized spacial score (nSPS) is 12.6. The number of para-hydroxylation sites is 1. The maximum absolute atomic E-state index is 12.8. The number of hydrogen-bond donors (Lipinski definition) is 0. The SMILES string of the molecule is O=C1c2ccccc2-c2c3ccccc3[o+]c3cccc1c23. The van der Waals surface area contributed by atoms with Crippen molar-refractivity contribution in [3.05, 3.63) is 77.9 Å². The van der Waals surface area contributed by atoms with Gasteiger partial charge in [-0.3, -0.25) is 4.79 Å². The molecule has 0 N–H and O–H groups in total. The molecule has 0 amide bonds. The molecule has 1 heterocycles. The molecule has 4 aromatic rings. The zero-order valence-electron chi connectivity index (χ0n) is 11.7. The monoisotopic (exact) mass is 283 g/mol. The van der Waals surface area contributed by atoms with Crippen LogP contribution in [-0.2, 0) is 0 Å². The summed E-state index contributed by atoms with van der Waals surface area (Å²) in [5.74, 6) is 0.0687. The van der Waals surface area contributed by atoms with Crippen LogP contribution in [-0.4, -0.2) is 5.78 Å². The summed E-state index contributed by atoms with van der Waals surface area (Å²) in [7, 11) is 0. The molecule has 1 aliphatic carbocycles. The number of fused-ring (bicyclic) bond motifs is 4. The van der Waals surface area contributed by atoms with E-state index in [0.29, 0.717) is 0 Å². The Hall–Kier alpha value is -3.00. The number of carbonyl (C=O) groups excluding carboxylic acids is 1. The zero-order valence-corrected chi connectivity index (χ0v) is 11.7. The summed E-state index contributed by atoms with van der Waals surface area (Å²) in [4.78, 5) is 12.8. The van der Waals surface area contributed by atoms with Gasteiger partial charge in [0.2, 0.25) is 0 Å². The summed E-state index contributed by atoms with van der Waals surface area (Å²) < 4.78 is 6.01. The van der Waals surface area contributed by atoms with E-state index < -0.39 is 0 Å². The highest BCUT2D eigenvalue weighted by molar-refractivity contribution is 6.28. The number of benzene rings is 3. The Kier molecular flexibility index (Phi) is 2.12. The summed E-state index contributed by atoms with van der Waals surface area (Å²) in [5, 5.41) is 1.97. The third kappa shape index (κ3) is 1.34. The predicted octanol–water partition coefficient (Wildman–Crippen LogP) is 5.08. The maximum atomic E-state index is 12.8. The van der Waals surface area contributed by atoms with Gasteiger partial charge in [-0.05, 0) is 17.7 Å². The van der Waals surface area contributed by atoms with Crippen molar-refractivity contribution in [1.29, 1.82) is 0 Å². The molecule has 0 radical (unpaired) electrons. The summed E-state index contributed by atoms with van der Waals surface area (Å²) in [6.45, 7) is 0. The van der Waals surface area contributed by atoms with Crippen molar-refractivity contribution in [3.8, 4) is 11.1 Å². The van der Waals surface area contributed by atoms with Crippen LogP contribution < -0.4 is 0 Å². The number of hydrogen-bond acceptors (Lipinski definition) is 1. The fraction of sp³-hybridized carbons (Fsp3) is 0. The highest BCUT2D eigenvalue weighted by atomic mass is 16.3. The predicted molar refractivity (Wildman–Crippen MR) is 87.0 cm³/mol. The van der Waals surface area contributed by atoms with Crippen molar-refractivity contribution in [2.75, 3.05) is 0 Å². The molecule has 2 nitrogen and oxygen atoms in total. The van der Waals surface area contributed by atoms with Crippen molar-refractivity contribution in [2.45, 2.75) is 0 Å². The lowest BCUT2D eigenvalue weighted by atomic mass is 9.83. The first-order chi connectivity index (χ1) is 10.8. The lowest BCUT2D eigenvalue weighted by Crippen LogP contribution is -2.10. The quantitative estimate of drug-likeness (QED) is 0.293. The van der Waals surface area contributed by atoms with Gasteiger partial charge in [0.25, 0.3) is 0 Å². The van der Waals surface area contributed by atoms with E-state index in [4.69, 9.17) is 4.42 Å². The van der Waals surface area contributed by atoms with Crippen LogP contribution in [0.4, 0.5) is 0 Å². The van der Waals surface area contributed by atoms with E-state index in [9.17, 15) is 4.79 Å². The van der Waals surface area contributed by atoms with Gasteiger partial charge in [-0.1, -0.05) is 42.5 Å². The molecule has 1 aliphatic rings. The molecule has 0 unspecified atom stereocenters. The summed E-state index contributed by atoms with van der Waals surface area (Å²) >= 11 is 0. The van der Waals surface area contributed by atoms with Crippen LogP contribution in [0.15, 0.2) is 71.1 Å². The standard InChI is InChI=1S/C20H11O2/c21-20-13-7-2-1-6-12(13)18-14-8-3-4-10-16(14)22-17-11-5-9-15(20)19(17)18/h1-11H/q+1. The number of rotatable bonds is 0.